The molecule has 0 N–H and O–H groups in total. The van der Waals surface area contributed by atoms with Gasteiger partial charge in [-0.3, -0.25) is 0 Å². The van der Waals surface area contributed by atoms with E-state index in [4.69, 9.17) is 39.8 Å². The molecule has 1 rings (SSSR count). The molecule has 1 heterocycles. The minimum absolute atomic E-state index is 0.00742. The quantitative estimate of drug-likeness (QED) is 0.0686. The van der Waals surface area contributed by atoms with Crippen LogP contribution in [-0.4, -0.2) is 95.1 Å². The molecular formula is C42H87N3O12Si3. The Morgan fingerprint density at radius 1 is 0.300 bits per heavy atom. The van der Waals surface area contributed by atoms with E-state index in [0.717, 1.165) is 0 Å². The highest BCUT2D eigenvalue weighted by Crippen LogP contribution is 2.35. The fourth-order valence-electron chi connectivity index (χ4n) is 7.01. The summed E-state index contributed by atoms with van der Waals surface area (Å²) in [6, 6.07) is 0. The molecular weight excluding hydrogens is 823 g/mol. The van der Waals surface area contributed by atoms with Crippen molar-refractivity contribution in [2.24, 2.45) is 0 Å². The van der Waals surface area contributed by atoms with Crippen LogP contribution in [0, 0.1) is 0 Å². The van der Waals surface area contributed by atoms with Gasteiger partial charge in [0.05, 0.1) is 0 Å². The van der Waals surface area contributed by atoms with Crippen molar-refractivity contribution in [1.82, 2.24) is 13.7 Å². The first-order valence-corrected chi connectivity index (χ1v) is 28.0. The summed E-state index contributed by atoms with van der Waals surface area (Å²) in [5, 5.41) is 0. The summed E-state index contributed by atoms with van der Waals surface area (Å²) in [6.45, 7) is 40.8. The molecule has 0 aromatic carbocycles. The van der Waals surface area contributed by atoms with Crippen molar-refractivity contribution < 1.29 is 39.8 Å². The minimum Gasteiger partial charge on any atom is -0.371 e. The number of hydrogen-bond acceptors (Lipinski definition) is 12. The zero-order chi connectivity index (χ0) is 46.5. The van der Waals surface area contributed by atoms with Gasteiger partial charge >= 0.3 is 43.5 Å². The molecule has 0 aliphatic rings. The Morgan fingerprint density at radius 2 is 0.433 bits per heavy atom. The maximum Gasteiger partial charge on any atom is 0.504 e. The Labute approximate surface area is 366 Å². The van der Waals surface area contributed by atoms with E-state index in [1.54, 1.807) is 0 Å². The predicted octanol–water partition coefficient (Wildman–Crippen LogP) is 8.15. The van der Waals surface area contributed by atoms with Crippen molar-refractivity contribution in [2.75, 3.05) is 0 Å². The Kier molecular flexibility index (Phi) is 23.9. The molecule has 1 aromatic heterocycles. The molecule has 0 fully saturated rings. The summed E-state index contributed by atoms with van der Waals surface area (Å²) in [6.07, 6.45) is -0.723. The Morgan fingerprint density at radius 3 is 0.550 bits per heavy atom. The lowest BCUT2D eigenvalue weighted by Gasteiger charge is -2.38. The van der Waals surface area contributed by atoms with Gasteiger partial charge in [0.15, 0.2) is 0 Å². The molecule has 60 heavy (non-hydrogen) atoms. The number of nitrogens with zero attached hydrogens (tertiary/aromatic N) is 3. The molecule has 3 atom stereocenters. The number of aromatic nitrogens is 3. The zero-order valence-electron chi connectivity index (χ0n) is 41.4. The second-order valence-electron chi connectivity index (χ2n) is 18.7. The monoisotopic (exact) mass is 910 g/mol. The van der Waals surface area contributed by atoms with E-state index in [1.807, 2.05) is 145 Å². The topological polar surface area (TPSA) is 149 Å². The van der Waals surface area contributed by atoms with Gasteiger partial charge in [0.25, 0.3) is 0 Å². The lowest BCUT2D eigenvalue weighted by atomic mass is 10.3. The van der Waals surface area contributed by atoms with Gasteiger partial charge in [0, 0.05) is 91.2 Å². The van der Waals surface area contributed by atoms with E-state index in [2.05, 4.69) is 0 Å². The molecule has 354 valence electrons. The van der Waals surface area contributed by atoms with Crippen molar-refractivity contribution in [2.45, 2.75) is 256 Å². The zero-order valence-corrected chi connectivity index (χ0v) is 44.4. The van der Waals surface area contributed by atoms with Crippen molar-refractivity contribution in [3.63, 3.8) is 0 Å². The van der Waals surface area contributed by atoms with Gasteiger partial charge in [0.1, 0.15) is 0 Å². The third kappa shape index (κ3) is 17.3. The van der Waals surface area contributed by atoms with Crippen molar-refractivity contribution in [3.8, 4) is 0 Å². The summed E-state index contributed by atoms with van der Waals surface area (Å²) in [4.78, 5) is 43.5. The van der Waals surface area contributed by atoms with Gasteiger partial charge in [-0.15, -0.1) is 0 Å². The minimum atomic E-state index is -3.37. The van der Waals surface area contributed by atoms with E-state index in [1.165, 1.54) is 13.7 Å². The van der Waals surface area contributed by atoms with Gasteiger partial charge in [-0.25, -0.2) is 28.1 Å². The molecule has 3 unspecified atom stereocenters. The summed E-state index contributed by atoms with van der Waals surface area (Å²) in [5.41, 5.74) is -2.97. The highest BCUT2D eigenvalue weighted by atomic mass is 28.4. The maximum absolute atomic E-state index is 14.5. The maximum atomic E-state index is 14.5. The van der Waals surface area contributed by atoms with Gasteiger partial charge < -0.3 is 39.8 Å². The summed E-state index contributed by atoms with van der Waals surface area (Å²) in [5.74, 6) is 0. The lowest BCUT2D eigenvalue weighted by molar-refractivity contribution is -0.00571. The average Bonchev–Trinajstić information content (AvgIpc) is 3.04. The van der Waals surface area contributed by atoms with Crippen LogP contribution in [0.25, 0.3) is 0 Å². The van der Waals surface area contributed by atoms with Crippen LogP contribution in [0.2, 0.25) is 16.6 Å². The molecule has 15 nitrogen and oxygen atoms in total. The largest absolute Gasteiger partial charge is 0.504 e. The van der Waals surface area contributed by atoms with Crippen LogP contribution < -0.4 is 17.1 Å². The second-order valence-corrected chi connectivity index (χ2v) is 27.4. The van der Waals surface area contributed by atoms with Crippen LogP contribution in [-0.2, 0) is 59.5 Å². The number of rotatable bonds is 30. The van der Waals surface area contributed by atoms with Gasteiger partial charge in [-0.2, -0.15) is 0 Å². The molecule has 0 aliphatic carbocycles. The third-order valence-corrected chi connectivity index (χ3v) is 20.8. The van der Waals surface area contributed by atoms with Gasteiger partial charge in [-0.05, 0) is 144 Å². The third-order valence-electron chi connectivity index (χ3n) is 9.15. The van der Waals surface area contributed by atoms with E-state index in [0.29, 0.717) is 19.3 Å². The smallest absolute Gasteiger partial charge is 0.371 e. The summed E-state index contributed by atoms with van der Waals surface area (Å²) in [7, 11) is -10.1. The predicted molar refractivity (Wildman–Crippen MR) is 245 cm³/mol. The molecule has 0 saturated carbocycles. The molecule has 0 aliphatic heterocycles. The normalized spacial score (nSPS) is 15.1. The molecule has 1 aromatic rings. The Bertz CT molecular complexity index is 1280. The van der Waals surface area contributed by atoms with Crippen LogP contribution >= 0.6 is 0 Å². The van der Waals surface area contributed by atoms with Crippen molar-refractivity contribution in [1.29, 1.82) is 0 Å². The first-order chi connectivity index (χ1) is 27.5. The first-order valence-electron chi connectivity index (χ1n) is 22.6. The average molecular weight is 910 g/mol. The highest BCUT2D eigenvalue weighted by molar-refractivity contribution is 6.63. The summed E-state index contributed by atoms with van der Waals surface area (Å²) < 4.78 is 62.0. The molecule has 18 heteroatoms. The second kappa shape index (κ2) is 25.3. The molecule has 0 saturated heterocycles. The fourth-order valence-corrected chi connectivity index (χ4v) is 17.0. The lowest BCUT2D eigenvalue weighted by Crippen LogP contribution is -2.57. The number of hydrogen-bond donors (Lipinski definition) is 0. The molecule has 0 bridgehead atoms. The molecule has 0 amide bonds. The summed E-state index contributed by atoms with van der Waals surface area (Å²) >= 11 is 0. The Hall–Kier alpha value is -1.30. The Balaban J connectivity index is 4.01. The standard InChI is InChI=1S/C42H87N3O12Si3/c1-28(2)49-58(50-29(3)4,51-30(5)6)37(19)22-25-43-40(46)44(26-23-38(20)59(52-31(7)8,53-32(9)10)54-33(11)12)42(48)45(41(43)47)27-24-39(21)60(55-34(13)14,56-35(15)16)57-36(17)18/h28-39H,22-27H2,1-21H3. The van der Waals surface area contributed by atoms with Crippen LogP contribution in [0.15, 0.2) is 14.4 Å². The van der Waals surface area contributed by atoms with E-state index >= 15 is 0 Å². The van der Waals surface area contributed by atoms with Crippen LogP contribution in [0.5, 0.6) is 0 Å². The molecule has 0 spiro atoms. The van der Waals surface area contributed by atoms with Gasteiger partial charge in [0.2, 0.25) is 0 Å². The fraction of sp³-hybridized carbons (Fsp3) is 0.929. The van der Waals surface area contributed by atoms with Crippen LogP contribution in [0.4, 0.5) is 0 Å². The van der Waals surface area contributed by atoms with Crippen molar-refractivity contribution in [3.05, 3.63) is 31.5 Å². The van der Waals surface area contributed by atoms with Crippen LogP contribution in [0.1, 0.15) is 165 Å². The van der Waals surface area contributed by atoms with Crippen LogP contribution in [0.3, 0.4) is 0 Å². The van der Waals surface area contributed by atoms with E-state index < -0.39 is 43.5 Å². The van der Waals surface area contributed by atoms with Crippen molar-refractivity contribution >= 4 is 26.4 Å². The highest BCUT2D eigenvalue weighted by Gasteiger charge is 2.52. The van der Waals surface area contributed by atoms with E-state index in [9.17, 15) is 14.4 Å². The SMILES string of the molecule is CC(C)O[Si](OC(C)C)(OC(C)C)C(C)CCn1c(=O)n(CCC(C)[Si](OC(C)C)(OC(C)C)OC(C)C)c(=O)n(CCC(C)[Si](OC(C)C)(OC(C)C)OC(C)C)c1=O. The first kappa shape index (κ1) is 56.7. The van der Waals surface area contributed by atoms with Gasteiger partial charge in [-0.1, -0.05) is 20.8 Å². The molecule has 0 radical (unpaired) electrons. The van der Waals surface area contributed by atoms with E-state index in [-0.39, 0.29) is 91.2 Å².